The summed E-state index contributed by atoms with van der Waals surface area (Å²) >= 11 is 1.57. The molecule has 1 unspecified atom stereocenters. The maximum atomic E-state index is 11.8. The second kappa shape index (κ2) is 4.42. The highest BCUT2D eigenvalue weighted by Gasteiger charge is 2.21. The second-order valence-corrected chi connectivity index (χ2v) is 8.25. The van der Waals surface area contributed by atoms with E-state index < -0.39 is 6.49 Å². The van der Waals surface area contributed by atoms with Crippen LogP contribution in [0.25, 0.3) is 0 Å². The van der Waals surface area contributed by atoms with Crippen molar-refractivity contribution < 1.29 is 4.57 Å². The molecule has 0 N–H and O–H groups in total. The Hall–Kier alpha value is 0.540. The normalized spacial score (nSPS) is 17.3. The van der Waals surface area contributed by atoms with E-state index in [1.54, 1.807) is 11.4 Å². The molecule has 0 amide bonds. The Morgan fingerprint density at radius 2 is 1.90 bits per heavy atom. The largest absolute Gasteiger partial charge is 0.295 e. The van der Waals surface area contributed by atoms with Crippen molar-refractivity contribution in [3.05, 3.63) is 0 Å². The highest BCUT2D eigenvalue weighted by Crippen LogP contribution is 2.59. The van der Waals surface area contributed by atoms with Crippen molar-refractivity contribution in [2.45, 2.75) is 13.8 Å². The van der Waals surface area contributed by atoms with Crippen LogP contribution in [0.5, 0.6) is 0 Å². The smallest absolute Gasteiger partial charge is 0.202 e. The molecule has 0 bridgehead atoms. The van der Waals surface area contributed by atoms with Gasteiger partial charge in [-0.2, -0.15) is 0 Å². The van der Waals surface area contributed by atoms with Gasteiger partial charge in [0.05, 0.1) is 0 Å². The Morgan fingerprint density at radius 1 is 1.40 bits per heavy atom. The highest BCUT2D eigenvalue weighted by molar-refractivity contribution is 8.57. The monoisotopic (exact) mass is 181 g/mol. The maximum Gasteiger partial charge on any atom is 0.202 e. The van der Waals surface area contributed by atoms with Crippen LogP contribution in [0.15, 0.2) is 0 Å². The van der Waals surface area contributed by atoms with Gasteiger partial charge in [-0.1, -0.05) is 25.2 Å². The lowest BCUT2D eigenvalue weighted by Crippen LogP contribution is -2.07. The van der Waals surface area contributed by atoms with Crippen LogP contribution in [0.4, 0.5) is 0 Å². The van der Waals surface area contributed by atoms with Crippen LogP contribution in [-0.2, 0) is 4.57 Å². The molecule has 0 aliphatic heterocycles. The third-order valence-electron chi connectivity index (χ3n) is 1.34. The molecule has 0 aromatic rings. The molecule has 0 saturated heterocycles. The van der Waals surface area contributed by atoms with Crippen LogP contribution in [0.1, 0.15) is 13.8 Å². The molecule has 0 rings (SSSR count). The molecule has 0 saturated carbocycles. The summed E-state index contributed by atoms with van der Waals surface area (Å²) < 4.78 is 13.6. The van der Waals surface area contributed by atoms with Crippen molar-refractivity contribution in [1.29, 1.82) is 0 Å². The summed E-state index contributed by atoms with van der Waals surface area (Å²) in [5, 5.41) is 0. The molecule has 4 heteroatoms. The van der Waals surface area contributed by atoms with Gasteiger partial charge in [-0.15, -0.1) is 0 Å². The Labute approximate surface area is 67.5 Å². The van der Waals surface area contributed by atoms with E-state index in [2.05, 4.69) is 0 Å². The summed E-state index contributed by atoms with van der Waals surface area (Å²) in [5.41, 5.74) is 0. The predicted molar refractivity (Wildman–Crippen MR) is 50.0 cm³/mol. The number of nitrogens with zero attached hydrogens (tertiary/aromatic N) is 1. The molecule has 0 aliphatic carbocycles. The molecule has 0 aliphatic rings. The van der Waals surface area contributed by atoms with Gasteiger partial charge in [-0.25, -0.2) is 0 Å². The minimum absolute atomic E-state index is 0.762. The van der Waals surface area contributed by atoms with E-state index in [-0.39, 0.29) is 0 Å². The average Bonchev–Trinajstić information content (AvgIpc) is 1.88. The first-order valence-corrected chi connectivity index (χ1v) is 6.91. The lowest BCUT2D eigenvalue weighted by Gasteiger charge is -2.21. The zero-order valence-corrected chi connectivity index (χ0v) is 8.84. The van der Waals surface area contributed by atoms with Gasteiger partial charge in [0, 0.05) is 6.16 Å². The SMILES string of the molecule is CCSP(=O)(CC)N(C)C. The molecule has 2 nitrogen and oxygen atoms in total. The molecule has 0 aromatic heterocycles. The summed E-state index contributed by atoms with van der Waals surface area (Å²) in [4.78, 5) is 0. The molecule has 0 aromatic carbocycles. The summed E-state index contributed by atoms with van der Waals surface area (Å²) in [7, 11) is 3.76. The van der Waals surface area contributed by atoms with E-state index >= 15 is 0 Å². The first-order chi connectivity index (χ1) is 4.56. The van der Waals surface area contributed by atoms with Crippen LogP contribution in [-0.4, -0.2) is 30.7 Å². The third kappa shape index (κ3) is 2.65. The van der Waals surface area contributed by atoms with Gasteiger partial charge in [0.15, 0.2) is 0 Å². The molecule has 1 atom stereocenters. The van der Waals surface area contributed by atoms with Crippen LogP contribution in [0.2, 0.25) is 0 Å². The standard InChI is InChI=1S/C6H16NOPS/c1-5-9(8,7(3)4)10-6-2/h5-6H2,1-4H3. The van der Waals surface area contributed by atoms with Crippen molar-refractivity contribution in [2.24, 2.45) is 0 Å². The van der Waals surface area contributed by atoms with E-state index in [9.17, 15) is 4.57 Å². The Balaban J connectivity index is 4.10. The van der Waals surface area contributed by atoms with Crippen molar-refractivity contribution >= 4 is 17.9 Å². The van der Waals surface area contributed by atoms with Crippen molar-refractivity contribution in [3.8, 4) is 0 Å². The fourth-order valence-corrected chi connectivity index (χ4v) is 4.52. The summed E-state index contributed by atoms with van der Waals surface area (Å²) in [5.74, 6) is 0.934. The lowest BCUT2D eigenvalue weighted by molar-refractivity contribution is 0.531. The minimum atomic E-state index is -2.02. The van der Waals surface area contributed by atoms with Gasteiger partial charge in [-0.05, 0) is 19.8 Å². The summed E-state index contributed by atoms with van der Waals surface area (Å²) in [6.07, 6.45) is 0.762. The van der Waals surface area contributed by atoms with Gasteiger partial charge in [0.1, 0.15) is 0 Å². The Morgan fingerprint density at radius 3 is 2.00 bits per heavy atom. The molecule has 0 radical (unpaired) electrons. The Kier molecular flexibility index (Phi) is 4.66. The molecular weight excluding hydrogens is 165 g/mol. The second-order valence-electron chi connectivity index (χ2n) is 2.22. The highest BCUT2D eigenvalue weighted by atomic mass is 32.7. The maximum absolute atomic E-state index is 11.8. The zero-order valence-electron chi connectivity index (χ0n) is 7.13. The van der Waals surface area contributed by atoms with Crippen molar-refractivity contribution in [1.82, 2.24) is 4.67 Å². The molecule has 62 valence electrons. The third-order valence-corrected chi connectivity index (χ3v) is 7.76. The van der Waals surface area contributed by atoms with E-state index in [1.165, 1.54) is 0 Å². The zero-order chi connectivity index (χ0) is 8.20. The van der Waals surface area contributed by atoms with Gasteiger partial charge in [0.2, 0.25) is 6.49 Å². The number of hydrogen-bond donors (Lipinski definition) is 0. The van der Waals surface area contributed by atoms with Crippen LogP contribution in [0, 0.1) is 0 Å². The van der Waals surface area contributed by atoms with E-state index in [0.29, 0.717) is 0 Å². The first-order valence-electron chi connectivity index (χ1n) is 3.48. The number of rotatable bonds is 4. The van der Waals surface area contributed by atoms with Gasteiger partial charge < -0.3 is 0 Å². The fourth-order valence-electron chi connectivity index (χ4n) is 0.691. The number of hydrogen-bond acceptors (Lipinski definition) is 2. The van der Waals surface area contributed by atoms with Crippen LogP contribution >= 0.6 is 17.9 Å². The average molecular weight is 181 g/mol. The van der Waals surface area contributed by atoms with E-state index in [1.807, 2.05) is 32.6 Å². The first kappa shape index (κ1) is 10.5. The molecule has 0 heterocycles. The van der Waals surface area contributed by atoms with Crippen molar-refractivity contribution in [3.63, 3.8) is 0 Å². The summed E-state index contributed by atoms with van der Waals surface area (Å²) in [6, 6.07) is 0. The van der Waals surface area contributed by atoms with Gasteiger partial charge >= 0.3 is 0 Å². The van der Waals surface area contributed by atoms with E-state index in [4.69, 9.17) is 0 Å². The van der Waals surface area contributed by atoms with Gasteiger partial charge in [-0.3, -0.25) is 9.24 Å². The fraction of sp³-hybridized carbons (Fsp3) is 1.00. The Bertz CT molecular complexity index is 138. The van der Waals surface area contributed by atoms with Crippen LogP contribution in [0.3, 0.4) is 0 Å². The lowest BCUT2D eigenvalue weighted by atomic mass is 11.0. The predicted octanol–water partition coefficient (Wildman–Crippen LogP) is 2.51. The van der Waals surface area contributed by atoms with E-state index in [0.717, 1.165) is 11.9 Å². The molecular formula is C6H16NOPS. The quantitative estimate of drug-likeness (QED) is 0.621. The van der Waals surface area contributed by atoms with Gasteiger partial charge in [0.25, 0.3) is 0 Å². The molecule has 0 fully saturated rings. The van der Waals surface area contributed by atoms with Crippen LogP contribution < -0.4 is 0 Å². The summed E-state index contributed by atoms with van der Waals surface area (Å²) in [6.45, 7) is 1.99. The molecule has 0 spiro atoms. The minimum Gasteiger partial charge on any atom is -0.295 e. The topological polar surface area (TPSA) is 20.3 Å². The molecule has 10 heavy (non-hydrogen) atoms. The van der Waals surface area contributed by atoms with Crippen molar-refractivity contribution in [2.75, 3.05) is 26.0 Å².